The second kappa shape index (κ2) is 8.04. The molecule has 1 aromatic heterocycles. The number of rotatable bonds is 6. The van der Waals surface area contributed by atoms with Crippen LogP contribution in [0.1, 0.15) is 0 Å². The number of ether oxygens (including phenoxy) is 1. The van der Waals surface area contributed by atoms with E-state index in [1.807, 2.05) is 0 Å². The quantitative estimate of drug-likeness (QED) is 0.388. The van der Waals surface area contributed by atoms with Crippen LogP contribution in [0.2, 0.25) is 10.0 Å². The summed E-state index contributed by atoms with van der Waals surface area (Å²) < 4.78 is 60.8. The van der Waals surface area contributed by atoms with Crippen LogP contribution in [0.5, 0.6) is 5.75 Å². The molecule has 2 aromatic carbocycles. The maximum Gasteiger partial charge on any atom is 0.279 e. The number of thiophene rings is 1. The van der Waals surface area contributed by atoms with Crippen LogP contribution in [0.3, 0.4) is 0 Å². The third-order valence-corrected chi connectivity index (χ3v) is 8.94. The smallest absolute Gasteiger partial charge is 0.279 e. The molecule has 0 bridgehead atoms. The monoisotopic (exact) mass is 521 g/mol. The first-order chi connectivity index (χ1) is 14.5. The summed E-state index contributed by atoms with van der Waals surface area (Å²) in [6, 6.07) is 9.31. The molecule has 14 heteroatoms. The van der Waals surface area contributed by atoms with E-state index in [9.17, 15) is 21.9 Å². The number of hydrogen-bond acceptors (Lipinski definition) is 8. The number of halogens is 2. The van der Waals surface area contributed by atoms with Crippen LogP contribution < -0.4 is 19.5 Å². The van der Waals surface area contributed by atoms with Crippen molar-refractivity contribution in [3.8, 4) is 5.75 Å². The van der Waals surface area contributed by atoms with E-state index in [0.29, 0.717) is 5.69 Å². The lowest BCUT2D eigenvalue weighted by Gasteiger charge is -2.15. The van der Waals surface area contributed by atoms with E-state index in [1.165, 1.54) is 36.4 Å². The minimum Gasteiger partial charge on any atom is -0.445 e. The summed E-state index contributed by atoms with van der Waals surface area (Å²) in [5.74, 6) is 0.142. The topological polar surface area (TPSA) is 134 Å². The maximum absolute atomic E-state index is 12.9. The van der Waals surface area contributed by atoms with E-state index in [-0.39, 0.29) is 36.3 Å². The molecule has 1 aliphatic rings. The van der Waals surface area contributed by atoms with Crippen molar-refractivity contribution >= 4 is 71.6 Å². The van der Waals surface area contributed by atoms with E-state index in [4.69, 9.17) is 27.9 Å². The highest BCUT2D eigenvalue weighted by molar-refractivity contribution is 7.94. The molecular weight excluding hydrogens is 509 g/mol. The lowest BCUT2D eigenvalue weighted by molar-refractivity contribution is 0.0210. The van der Waals surface area contributed by atoms with Gasteiger partial charge < -0.3 is 15.2 Å². The minimum atomic E-state index is -4.19. The summed E-state index contributed by atoms with van der Waals surface area (Å²) >= 11 is 13.0. The minimum absolute atomic E-state index is 0.0167. The van der Waals surface area contributed by atoms with Gasteiger partial charge in [-0.05, 0) is 35.7 Å². The van der Waals surface area contributed by atoms with Crippen molar-refractivity contribution < 1.29 is 26.7 Å². The number of fused-ring (bicyclic) bond motifs is 1. The van der Waals surface area contributed by atoms with Gasteiger partial charge in [0.1, 0.15) is 9.96 Å². The molecule has 164 valence electrons. The van der Waals surface area contributed by atoms with Crippen LogP contribution in [0.15, 0.2) is 56.9 Å². The molecule has 0 spiro atoms. The zero-order valence-electron chi connectivity index (χ0n) is 15.2. The Hall–Kier alpha value is -2.22. The van der Waals surface area contributed by atoms with Crippen LogP contribution in [0, 0.1) is 0 Å². The Kier molecular flexibility index (Phi) is 5.70. The van der Waals surface area contributed by atoms with Crippen LogP contribution in [0.4, 0.5) is 17.1 Å². The highest BCUT2D eigenvalue weighted by atomic mass is 35.5. The van der Waals surface area contributed by atoms with Crippen molar-refractivity contribution in [3.63, 3.8) is 0 Å². The van der Waals surface area contributed by atoms with Crippen molar-refractivity contribution in [2.45, 2.75) is 15.5 Å². The summed E-state index contributed by atoms with van der Waals surface area (Å²) in [7, 11) is -8.17. The predicted molar refractivity (Wildman–Crippen MR) is 119 cm³/mol. The molecule has 9 nitrogen and oxygen atoms in total. The molecule has 1 aliphatic heterocycles. The highest BCUT2D eigenvalue weighted by Gasteiger charge is 2.25. The third-order valence-electron chi connectivity index (χ3n) is 4.09. The van der Waals surface area contributed by atoms with Gasteiger partial charge in [-0.1, -0.05) is 29.3 Å². The summed E-state index contributed by atoms with van der Waals surface area (Å²) in [5.41, 5.74) is 0.181. The average Bonchev–Trinajstić information content (AvgIpc) is 3.34. The molecule has 0 amide bonds. The maximum atomic E-state index is 12.9. The standard InChI is InChI=1S/C17H13Cl2N3O6S3/c18-10-7-13(14(8-11(10)19)22-31(26,27)16-2-1-5-29-16)21-30(24,25)9-3-4-12-15(6-9)28-17(23)20-12/h1-8,17,20-23H. The number of benzene rings is 2. The van der Waals surface area contributed by atoms with E-state index in [1.54, 1.807) is 11.4 Å². The normalized spacial score (nSPS) is 15.6. The number of aliphatic hydroxyl groups excluding tert-OH is 1. The Labute approximate surface area is 191 Å². The van der Waals surface area contributed by atoms with Gasteiger partial charge in [0.05, 0.1) is 32.0 Å². The van der Waals surface area contributed by atoms with Gasteiger partial charge in [-0.2, -0.15) is 0 Å². The molecule has 3 aromatic rings. The SMILES string of the molecule is O=S(=O)(Nc1cc(Cl)c(Cl)cc1NS(=O)(=O)c1cccs1)c1ccc2c(c1)OC(O)N2. The molecule has 2 heterocycles. The first kappa shape index (κ1) is 22.0. The summed E-state index contributed by atoms with van der Waals surface area (Å²) in [6.45, 7) is 0. The van der Waals surface area contributed by atoms with Crippen LogP contribution in [-0.4, -0.2) is 28.4 Å². The van der Waals surface area contributed by atoms with Crippen LogP contribution >= 0.6 is 34.5 Å². The molecule has 0 aliphatic carbocycles. The van der Waals surface area contributed by atoms with Crippen molar-refractivity contribution in [1.29, 1.82) is 0 Å². The molecule has 4 N–H and O–H groups in total. The second-order valence-electron chi connectivity index (χ2n) is 6.23. The Bertz CT molecular complexity index is 1360. The summed E-state index contributed by atoms with van der Waals surface area (Å²) in [5, 5.41) is 13.7. The van der Waals surface area contributed by atoms with Crippen LogP contribution in [0.25, 0.3) is 0 Å². The summed E-state index contributed by atoms with van der Waals surface area (Å²) in [6.07, 6.45) is -1.28. The van der Waals surface area contributed by atoms with Gasteiger partial charge in [-0.3, -0.25) is 9.44 Å². The van der Waals surface area contributed by atoms with Crippen molar-refractivity contribution in [1.82, 2.24) is 0 Å². The Balaban J connectivity index is 1.70. The molecular formula is C17H13Cl2N3O6S3. The lowest BCUT2D eigenvalue weighted by Crippen LogP contribution is -2.18. The lowest BCUT2D eigenvalue weighted by atomic mass is 10.3. The Morgan fingerprint density at radius 2 is 1.61 bits per heavy atom. The van der Waals surface area contributed by atoms with Crippen molar-refractivity contribution in [2.24, 2.45) is 0 Å². The Morgan fingerprint density at radius 3 is 2.23 bits per heavy atom. The first-order valence-corrected chi connectivity index (χ1v) is 13.0. The number of hydrogen-bond donors (Lipinski definition) is 4. The van der Waals surface area contributed by atoms with E-state index in [0.717, 1.165) is 11.3 Å². The van der Waals surface area contributed by atoms with Gasteiger partial charge in [0.2, 0.25) is 0 Å². The average molecular weight is 522 g/mol. The molecule has 0 fully saturated rings. The van der Waals surface area contributed by atoms with Gasteiger partial charge in [0.15, 0.2) is 0 Å². The Morgan fingerprint density at radius 1 is 0.968 bits per heavy atom. The molecule has 31 heavy (non-hydrogen) atoms. The van der Waals surface area contributed by atoms with E-state index < -0.39 is 26.5 Å². The fourth-order valence-corrected chi connectivity index (χ4v) is 6.18. The van der Waals surface area contributed by atoms with E-state index in [2.05, 4.69) is 14.8 Å². The number of aliphatic hydroxyl groups is 1. The molecule has 1 atom stereocenters. The number of anilines is 3. The van der Waals surface area contributed by atoms with Gasteiger partial charge in [-0.15, -0.1) is 11.3 Å². The molecule has 0 radical (unpaired) electrons. The van der Waals surface area contributed by atoms with Gasteiger partial charge in [-0.25, -0.2) is 16.8 Å². The molecule has 1 unspecified atom stereocenters. The zero-order valence-corrected chi connectivity index (χ0v) is 19.1. The van der Waals surface area contributed by atoms with Gasteiger partial charge in [0, 0.05) is 6.07 Å². The molecule has 0 saturated heterocycles. The fourth-order valence-electron chi connectivity index (χ4n) is 2.70. The van der Waals surface area contributed by atoms with Gasteiger partial charge in [0.25, 0.3) is 26.5 Å². The zero-order chi connectivity index (χ0) is 22.4. The number of sulfonamides is 2. The first-order valence-electron chi connectivity index (χ1n) is 8.39. The summed E-state index contributed by atoms with van der Waals surface area (Å²) in [4.78, 5) is -0.180. The number of nitrogens with one attached hydrogen (secondary N) is 3. The third kappa shape index (κ3) is 4.54. The molecule has 4 rings (SSSR count). The van der Waals surface area contributed by atoms with Crippen molar-refractivity contribution in [3.05, 3.63) is 57.9 Å². The van der Waals surface area contributed by atoms with Crippen molar-refractivity contribution in [2.75, 3.05) is 14.8 Å². The fraction of sp³-hybridized carbons (Fsp3) is 0.0588. The highest BCUT2D eigenvalue weighted by Crippen LogP contribution is 2.37. The van der Waals surface area contributed by atoms with E-state index >= 15 is 0 Å². The van der Waals surface area contributed by atoms with Gasteiger partial charge >= 0.3 is 0 Å². The van der Waals surface area contributed by atoms with Crippen LogP contribution in [-0.2, 0) is 20.0 Å². The molecule has 0 saturated carbocycles. The second-order valence-corrected chi connectivity index (χ2v) is 11.6. The largest absolute Gasteiger partial charge is 0.445 e. The predicted octanol–water partition coefficient (Wildman–Crippen LogP) is 3.74.